The Balaban J connectivity index is 1.56. The summed E-state index contributed by atoms with van der Waals surface area (Å²) in [5.74, 6) is 1.91. The van der Waals surface area contributed by atoms with E-state index in [4.69, 9.17) is 4.74 Å². The average Bonchev–Trinajstić information content (AvgIpc) is 3.05. The van der Waals surface area contributed by atoms with Gasteiger partial charge in [0.15, 0.2) is 0 Å². The molecule has 37 heavy (non-hydrogen) atoms. The van der Waals surface area contributed by atoms with Gasteiger partial charge in [-0.2, -0.15) is 0 Å². The first-order chi connectivity index (χ1) is 16.8. The molecule has 0 saturated heterocycles. The number of carbonyl (C=O) groups excluding carboxylic acids is 1. The van der Waals surface area contributed by atoms with Crippen LogP contribution in [0.15, 0.2) is 0 Å². The van der Waals surface area contributed by atoms with E-state index < -0.39 is 17.3 Å². The highest BCUT2D eigenvalue weighted by atomic mass is 16.5. The summed E-state index contributed by atoms with van der Waals surface area (Å²) in [7, 11) is 0. The van der Waals surface area contributed by atoms with Crippen molar-refractivity contribution in [2.24, 2.45) is 45.3 Å². The number of aliphatic hydroxyl groups excluding tert-OH is 1. The molecule has 0 unspecified atom stereocenters. The van der Waals surface area contributed by atoms with Gasteiger partial charge in [-0.15, -0.1) is 0 Å². The van der Waals surface area contributed by atoms with Crippen LogP contribution in [-0.4, -0.2) is 44.7 Å². The molecule has 4 fully saturated rings. The molecule has 10 atom stereocenters. The Labute approximate surface area is 226 Å². The van der Waals surface area contributed by atoms with Crippen molar-refractivity contribution in [3.05, 3.63) is 0 Å². The van der Waals surface area contributed by atoms with Crippen molar-refractivity contribution in [2.45, 2.75) is 150 Å². The molecule has 0 aromatic heterocycles. The first-order valence-corrected chi connectivity index (χ1v) is 15.1. The van der Waals surface area contributed by atoms with Crippen LogP contribution in [-0.2, 0) is 9.53 Å². The number of esters is 1. The first-order valence-electron chi connectivity index (χ1n) is 15.1. The summed E-state index contributed by atoms with van der Waals surface area (Å²) < 4.78 is 5.85. The Morgan fingerprint density at radius 3 is 2.11 bits per heavy atom. The molecule has 214 valence electrons. The van der Waals surface area contributed by atoms with Gasteiger partial charge in [0, 0.05) is 12.3 Å². The molecule has 4 aliphatic rings. The molecule has 4 aliphatic carbocycles. The molecule has 0 amide bonds. The summed E-state index contributed by atoms with van der Waals surface area (Å²) in [6.07, 6.45) is 9.10. The quantitative estimate of drug-likeness (QED) is 0.360. The molecule has 0 aromatic carbocycles. The molecule has 4 saturated carbocycles. The molecule has 0 radical (unpaired) electrons. The minimum absolute atomic E-state index is 0.00859. The van der Waals surface area contributed by atoms with Crippen LogP contribution in [0.5, 0.6) is 0 Å². The van der Waals surface area contributed by atoms with Crippen LogP contribution in [0.2, 0.25) is 0 Å². The van der Waals surface area contributed by atoms with Gasteiger partial charge in [-0.05, 0) is 125 Å². The third-order valence-electron chi connectivity index (χ3n) is 13.2. The number of carbonyl (C=O) groups is 1. The lowest BCUT2D eigenvalue weighted by atomic mass is 9.38. The molecule has 5 heteroatoms. The maximum Gasteiger partial charge on any atom is 0.302 e. The highest BCUT2D eigenvalue weighted by molar-refractivity contribution is 5.66. The molecule has 3 N–H and O–H groups in total. The normalized spacial score (nSPS) is 45.7. The van der Waals surface area contributed by atoms with Crippen LogP contribution in [0.3, 0.4) is 0 Å². The summed E-state index contributed by atoms with van der Waals surface area (Å²) in [4.78, 5) is 11.8. The van der Waals surface area contributed by atoms with Crippen molar-refractivity contribution >= 4 is 5.97 Å². The van der Waals surface area contributed by atoms with Crippen LogP contribution < -0.4 is 0 Å². The standard InChI is InChI=1S/C32H56O5/c1-20(33)37-26-15-16-29(6)21-12-17-31(8)24(32(9,36)19-14-25(34)28(4,5)35)13-18-30(31,7)22(21)10-11-23(29)27(26,2)3/h21-26,34-36H,10-19H2,1-9H3/t21-,22+,23-,24-,25-,26+,29+,30-,31+,32-/m0/s1. The summed E-state index contributed by atoms with van der Waals surface area (Å²) in [5, 5.41) is 32.5. The Hall–Kier alpha value is -0.650. The van der Waals surface area contributed by atoms with Crippen LogP contribution in [0.1, 0.15) is 127 Å². The van der Waals surface area contributed by atoms with Gasteiger partial charge in [0.25, 0.3) is 0 Å². The molecule has 0 aromatic rings. The van der Waals surface area contributed by atoms with E-state index in [9.17, 15) is 20.1 Å². The van der Waals surface area contributed by atoms with Gasteiger partial charge in [-0.25, -0.2) is 0 Å². The van der Waals surface area contributed by atoms with E-state index >= 15 is 0 Å². The highest BCUT2D eigenvalue weighted by Gasteiger charge is 2.69. The Bertz CT molecular complexity index is 873. The van der Waals surface area contributed by atoms with Crippen LogP contribution in [0, 0.1) is 45.3 Å². The van der Waals surface area contributed by atoms with Gasteiger partial charge in [-0.1, -0.05) is 34.6 Å². The monoisotopic (exact) mass is 520 g/mol. The Morgan fingerprint density at radius 1 is 0.892 bits per heavy atom. The topological polar surface area (TPSA) is 87.0 Å². The summed E-state index contributed by atoms with van der Waals surface area (Å²) >= 11 is 0. The van der Waals surface area contributed by atoms with Crippen molar-refractivity contribution in [3.8, 4) is 0 Å². The van der Waals surface area contributed by atoms with Crippen LogP contribution in [0.4, 0.5) is 0 Å². The van der Waals surface area contributed by atoms with E-state index in [2.05, 4.69) is 34.6 Å². The zero-order valence-corrected chi connectivity index (χ0v) is 25.2. The van der Waals surface area contributed by atoms with E-state index in [1.807, 2.05) is 6.92 Å². The predicted octanol–water partition coefficient (Wildman–Crippen LogP) is 6.27. The smallest absolute Gasteiger partial charge is 0.302 e. The van der Waals surface area contributed by atoms with E-state index in [-0.39, 0.29) is 39.7 Å². The van der Waals surface area contributed by atoms with E-state index in [0.717, 1.165) is 32.1 Å². The fourth-order valence-corrected chi connectivity index (χ4v) is 10.8. The molecule has 0 bridgehead atoms. The zero-order chi connectivity index (χ0) is 27.8. The number of fused-ring (bicyclic) bond motifs is 5. The molecule has 0 heterocycles. The van der Waals surface area contributed by atoms with Gasteiger partial charge in [0.1, 0.15) is 6.10 Å². The number of hydrogen-bond acceptors (Lipinski definition) is 5. The molecule has 4 rings (SSSR count). The van der Waals surface area contributed by atoms with Gasteiger partial charge in [0.2, 0.25) is 0 Å². The molecular weight excluding hydrogens is 464 g/mol. The number of ether oxygens (including phenoxy) is 1. The first kappa shape index (κ1) is 29.3. The van der Waals surface area contributed by atoms with E-state index in [0.29, 0.717) is 30.6 Å². The Kier molecular flexibility index (Phi) is 7.29. The van der Waals surface area contributed by atoms with E-state index in [1.165, 1.54) is 19.3 Å². The van der Waals surface area contributed by atoms with Crippen LogP contribution in [0.25, 0.3) is 0 Å². The SMILES string of the molecule is CC(=O)O[C@@H]1CC[C@]2(C)[C@H]3CC[C@]4(C)[C@@H]([C@@](C)(O)CC[C@H](O)C(C)(C)O)CC[C@@]4(C)[C@@H]3CC[C@H]2C1(C)C. The van der Waals surface area contributed by atoms with Gasteiger partial charge >= 0.3 is 5.97 Å². The molecule has 0 aliphatic heterocycles. The van der Waals surface area contributed by atoms with Crippen LogP contribution >= 0.6 is 0 Å². The van der Waals surface area contributed by atoms with Gasteiger partial charge in [-0.3, -0.25) is 4.79 Å². The molecule has 5 nitrogen and oxygen atoms in total. The zero-order valence-electron chi connectivity index (χ0n) is 25.2. The van der Waals surface area contributed by atoms with E-state index in [1.54, 1.807) is 20.8 Å². The fourth-order valence-electron chi connectivity index (χ4n) is 10.8. The summed E-state index contributed by atoms with van der Waals surface area (Å²) in [6.45, 7) is 19.0. The number of hydrogen-bond donors (Lipinski definition) is 3. The summed E-state index contributed by atoms with van der Waals surface area (Å²) in [6, 6.07) is 0. The van der Waals surface area contributed by atoms with Crippen molar-refractivity contribution in [3.63, 3.8) is 0 Å². The minimum Gasteiger partial charge on any atom is -0.462 e. The lowest BCUT2D eigenvalue weighted by Crippen LogP contribution is -2.62. The molecular formula is C32H56O5. The fraction of sp³-hybridized carbons (Fsp3) is 0.969. The van der Waals surface area contributed by atoms with Crippen molar-refractivity contribution in [2.75, 3.05) is 0 Å². The second-order valence-corrected chi connectivity index (χ2v) is 15.8. The number of rotatable bonds is 6. The largest absolute Gasteiger partial charge is 0.462 e. The maximum absolute atomic E-state index is 11.8. The predicted molar refractivity (Wildman–Crippen MR) is 147 cm³/mol. The van der Waals surface area contributed by atoms with Crippen molar-refractivity contribution < 1.29 is 24.9 Å². The average molecular weight is 521 g/mol. The lowest BCUT2D eigenvalue weighted by molar-refractivity contribution is -0.214. The lowest BCUT2D eigenvalue weighted by Gasteiger charge is -2.67. The minimum atomic E-state index is -1.15. The number of aliphatic hydroxyl groups is 3. The second-order valence-electron chi connectivity index (χ2n) is 15.8. The summed E-state index contributed by atoms with van der Waals surface area (Å²) in [5.41, 5.74) is -1.54. The van der Waals surface area contributed by atoms with Crippen molar-refractivity contribution in [1.29, 1.82) is 0 Å². The third-order valence-corrected chi connectivity index (χ3v) is 13.2. The Morgan fingerprint density at radius 2 is 1.51 bits per heavy atom. The van der Waals surface area contributed by atoms with Gasteiger partial charge < -0.3 is 20.1 Å². The molecule has 0 spiro atoms. The van der Waals surface area contributed by atoms with Gasteiger partial charge in [0.05, 0.1) is 17.3 Å². The third kappa shape index (κ3) is 4.51. The van der Waals surface area contributed by atoms with Crippen molar-refractivity contribution in [1.82, 2.24) is 0 Å². The maximum atomic E-state index is 11.8. The highest BCUT2D eigenvalue weighted by Crippen LogP contribution is 2.75. The second kappa shape index (κ2) is 9.20.